The molecule has 1 aliphatic rings. The monoisotopic (exact) mass is 553 g/mol. The van der Waals surface area contributed by atoms with E-state index >= 15 is 0 Å². The zero-order valence-corrected chi connectivity index (χ0v) is 24.0. The van der Waals surface area contributed by atoms with Crippen molar-refractivity contribution in [1.29, 1.82) is 0 Å². The van der Waals surface area contributed by atoms with Crippen molar-refractivity contribution in [2.75, 3.05) is 28.2 Å². The lowest BCUT2D eigenvalue weighted by molar-refractivity contribution is -0.118. The van der Waals surface area contributed by atoms with Crippen LogP contribution in [-0.2, 0) is 11.2 Å². The van der Waals surface area contributed by atoms with E-state index in [9.17, 15) is 4.79 Å². The third-order valence-electron chi connectivity index (χ3n) is 7.54. The minimum absolute atomic E-state index is 0.0636. The maximum atomic E-state index is 13.7. The summed E-state index contributed by atoms with van der Waals surface area (Å²) in [5.41, 5.74) is 13.2. The quantitative estimate of drug-likeness (QED) is 0.239. The number of fused-ring (bicyclic) bond motifs is 1. The van der Waals surface area contributed by atoms with E-state index in [-0.39, 0.29) is 18.0 Å². The van der Waals surface area contributed by atoms with Crippen molar-refractivity contribution in [3.63, 3.8) is 0 Å². The van der Waals surface area contributed by atoms with E-state index in [0.29, 0.717) is 24.0 Å². The van der Waals surface area contributed by atoms with Gasteiger partial charge in [-0.05, 0) is 104 Å². The number of pyridine rings is 1. The van der Waals surface area contributed by atoms with Gasteiger partial charge in [-0.2, -0.15) is 0 Å². The molecule has 3 aromatic carbocycles. The summed E-state index contributed by atoms with van der Waals surface area (Å²) < 4.78 is 0. The highest BCUT2D eigenvalue weighted by Gasteiger charge is 2.35. The molecule has 1 aromatic heterocycles. The number of amides is 1. The normalized spacial score (nSPS) is 15.6. The lowest BCUT2D eigenvalue weighted by Gasteiger charge is -2.39. The van der Waals surface area contributed by atoms with Crippen LogP contribution in [0.4, 0.5) is 17.1 Å². The summed E-state index contributed by atoms with van der Waals surface area (Å²) in [6.45, 7) is 7.80. The third kappa shape index (κ3) is 5.83. The van der Waals surface area contributed by atoms with Gasteiger partial charge in [0.25, 0.3) is 0 Å². The fourth-order valence-corrected chi connectivity index (χ4v) is 5.63. The van der Waals surface area contributed by atoms with E-state index in [1.807, 2.05) is 65.6 Å². The van der Waals surface area contributed by atoms with Crippen LogP contribution in [0.2, 0.25) is 5.02 Å². The molecule has 6 nitrogen and oxygen atoms in total. The van der Waals surface area contributed by atoms with Gasteiger partial charge in [0.05, 0.1) is 12.5 Å². The van der Waals surface area contributed by atoms with Crippen LogP contribution in [0.15, 0.2) is 91.3 Å². The lowest BCUT2D eigenvalue weighted by atomic mass is 9.86. The molecule has 0 spiro atoms. The highest BCUT2D eigenvalue weighted by Crippen LogP contribution is 2.41. The summed E-state index contributed by atoms with van der Waals surface area (Å²) in [4.78, 5) is 22.1. The zero-order valence-electron chi connectivity index (χ0n) is 23.2. The van der Waals surface area contributed by atoms with E-state index in [1.165, 1.54) is 0 Å². The molecule has 0 radical (unpaired) electrons. The molecule has 0 saturated carbocycles. The molecular formula is C33H36ClN5O. The third-order valence-corrected chi connectivity index (χ3v) is 7.79. The molecule has 7 heteroatoms. The fraction of sp³-hybridized carbons (Fsp3) is 0.273. The van der Waals surface area contributed by atoms with Gasteiger partial charge in [-0.3, -0.25) is 9.78 Å². The largest absolute Gasteiger partial charge is 0.379 e. The van der Waals surface area contributed by atoms with Gasteiger partial charge in [0, 0.05) is 59.7 Å². The van der Waals surface area contributed by atoms with E-state index in [2.05, 4.69) is 54.2 Å². The SMILES string of the molecule is CC(Nc1ccc(N2C(=O)Cc3ccc(N(CCN)C(C)C)cc3C2c2ccc(Cl)cc2)cc1)c1ccncc1. The Morgan fingerprint density at radius 1 is 1.00 bits per heavy atom. The van der Waals surface area contributed by atoms with Crippen molar-refractivity contribution in [2.45, 2.75) is 45.3 Å². The molecule has 3 N–H and O–H groups in total. The molecule has 5 rings (SSSR count). The van der Waals surface area contributed by atoms with Gasteiger partial charge in [-0.25, -0.2) is 0 Å². The predicted octanol–water partition coefficient (Wildman–Crippen LogP) is 6.76. The van der Waals surface area contributed by atoms with Gasteiger partial charge in [0.15, 0.2) is 0 Å². The van der Waals surface area contributed by atoms with Crippen molar-refractivity contribution in [3.05, 3.63) is 119 Å². The van der Waals surface area contributed by atoms with E-state index in [4.69, 9.17) is 17.3 Å². The molecule has 0 bridgehead atoms. The Hall–Kier alpha value is -3.87. The summed E-state index contributed by atoms with van der Waals surface area (Å²) in [6, 6.07) is 26.5. The maximum absolute atomic E-state index is 13.7. The standard InChI is InChI=1S/C33H36ClN5O/c1-22(2)38(19-16-35)30-11-6-26-20-32(40)39(33(31(26)21-30)25-4-7-27(34)8-5-25)29-12-9-28(10-13-29)37-23(3)24-14-17-36-18-15-24/h4-15,17-18,21-23,33,37H,16,19-20,35H2,1-3H3. The first-order valence-electron chi connectivity index (χ1n) is 13.8. The summed E-state index contributed by atoms with van der Waals surface area (Å²) >= 11 is 6.26. The first-order valence-corrected chi connectivity index (χ1v) is 14.2. The van der Waals surface area contributed by atoms with Gasteiger partial charge in [-0.15, -0.1) is 0 Å². The van der Waals surface area contributed by atoms with Gasteiger partial charge in [0.1, 0.15) is 0 Å². The summed E-state index contributed by atoms with van der Waals surface area (Å²) in [5, 5.41) is 4.21. The Morgan fingerprint density at radius 2 is 1.70 bits per heavy atom. The number of aromatic nitrogens is 1. The lowest BCUT2D eigenvalue weighted by Crippen LogP contribution is -2.41. The number of rotatable bonds is 9. The van der Waals surface area contributed by atoms with Gasteiger partial charge < -0.3 is 20.9 Å². The highest BCUT2D eigenvalue weighted by molar-refractivity contribution is 6.30. The van der Waals surface area contributed by atoms with Crippen LogP contribution >= 0.6 is 11.6 Å². The van der Waals surface area contributed by atoms with Crippen molar-refractivity contribution >= 4 is 34.6 Å². The molecule has 1 amide bonds. The molecule has 2 atom stereocenters. The van der Waals surface area contributed by atoms with E-state index in [0.717, 1.165) is 45.9 Å². The topological polar surface area (TPSA) is 74.5 Å². The molecule has 0 fully saturated rings. The van der Waals surface area contributed by atoms with Crippen LogP contribution in [0.5, 0.6) is 0 Å². The first kappa shape index (κ1) is 27.7. The Kier molecular flexibility index (Phi) is 8.38. The number of halogens is 1. The Balaban J connectivity index is 1.52. The number of carbonyl (C=O) groups is 1. The Bertz CT molecular complexity index is 1440. The molecule has 1 aliphatic heterocycles. The minimum atomic E-state index is -0.282. The number of hydrogen-bond donors (Lipinski definition) is 2. The maximum Gasteiger partial charge on any atom is 0.232 e. The van der Waals surface area contributed by atoms with Crippen LogP contribution in [0.1, 0.15) is 55.1 Å². The number of nitrogens with two attached hydrogens (primary N) is 1. The van der Waals surface area contributed by atoms with Gasteiger partial charge in [-0.1, -0.05) is 29.8 Å². The number of carbonyl (C=O) groups excluding carboxylic acids is 1. The van der Waals surface area contributed by atoms with Crippen LogP contribution in [0.3, 0.4) is 0 Å². The molecule has 0 saturated heterocycles. The van der Waals surface area contributed by atoms with Crippen LogP contribution in [-0.4, -0.2) is 30.0 Å². The second-order valence-electron chi connectivity index (χ2n) is 10.5. The van der Waals surface area contributed by atoms with Crippen LogP contribution in [0, 0.1) is 0 Å². The summed E-state index contributed by atoms with van der Waals surface area (Å²) in [6.07, 6.45) is 3.95. The fourth-order valence-electron chi connectivity index (χ4n) is 5.50. The molecule has 4 aromatic rings. The molecule has 0 aliphatic carbocycles. The second-order valence-corrected chi connectivity index (χ2v) is 11.0. The average Bonchev–Trinajstić information content (AvgIpc) is 2.96. The number of nitrogens with one attached hydrogen (secondary N) is 1. The Morgan fingerprint density at radius 3 is 2.35 bits per heavy atom. The Labute approximate surface area is 241 Å². The smallest absolute Gasteiger partial charge is 0.232 e. The van der Waals surface area contributed by atoms with E-state index in [1.54, 1.807) is 12.4 Å². The molecule has 40 heavy (non-hydrogen) atoms. The van der Waals surface area contributed by atoms with Gasteiger partial charge in [0.2, 0.25) is 5.91 Å². The van der Waals surface area contributed by atoms with E-state index < -0.39 is 0 Å². The van der Waals surface area contributed by atoms with Crippen LogP contribution in [0.25, 0.3) is 0 Å². The number of anilines is 3. The summed E-state index contributed by atoms with van der Waals surface area (Å²) in [7, 11) is 0. The average molecular weight is 554 g/mol. The molecule has 2 heterocycles. The molecular weight excluding hydrogens is 518 g/mol. The van der Waals surface area contributed by atoms with Gasteiger partial charge >= 0.3 is 0 Å². The minimum Gasteiger partial charge on any atom is -0.379 e. The number of benzene rings is 3. The summed E-state index contributed by atoms with van der Waals surface area (Å²) in [5.74, 6) is 0.0636. The van der Waals surface area contributed by atoms with Crippen molar-refractivity contribution < 1.29 is 4.79 Å². The molecule has 206 valence electrons. The molecule has 2 unspecified atom stereocenters. The highest BCUT2D eigenvalue weighted by atomic mass is 35.5. The van der Waals surface area contributed by atoms with Crippen molar-refractivity contribution in [3.8, 4) is 0 Å². The van der Waals surface area contributed by atoms with Crippen LogP contribution < -0.4 is 20.9 Å². The number of nitrogens with zero attached hydrogens (tertiary/aromatic N) is 3. The first-order chi connectivity index (χ1) is 19.4. The van der Waals surface area contributed by atoms with Crippen molar-refractivity contribution in [2.24, 2.45) is 5.73 Å². The predicted molar refractivity (Wildman–Crippen MR) is 165 cm³/mol. The zero-order chi connectivity index (χ0) is 28.2. The van der Waals surface area contributed by atoms with Crippen molar-refractivity contribution in [1.82, 2.24) is 4.98 Å². The number of hydrogen-bond acceptors (Lipinski definition) is 5. The second kappa shape index (κ2) is 12.1.